The molecular weight excluding hydrogens is 288 g/mol. The van der Waals surface area contributed by atoms with Gasteiger partial charge in [0.05, 0.1) is 13.2 Å². The molecule has 2 aromatic rings. The van der Waals surface area contributed by atoms with E-state index in [0.717, 1.165) is 37.5 Å². The van der Waals surface area contributed by atoms with Gasteiger partial charge >= 0.3 is 0 Å². The quantitative estimate of drug-likeness (QED) is 0.920. The van der Waals surface area contributed by atoms with Gasteiger partial charge in [-0.05, 0) is 17.7 Å². The molecule has 1 saturated heterocycles. The highest BCUT2D eigenvalue weighted by Crippen LogP contribution is 2.22. The molecule has 1 heterocycles. The molecule has 0 radical (unpaired) electrons. The minimum absolute atomic E-state index is 0.417. The van der Waals surface area contributed by atoms with Crippen molar-refractivity contribution in [2.24, 2.45) is 0 Å². The van der Waals surface area contributed by atoms with Crippen LogP contribution in [0.5, 0.6) is 5.75 Å². The Bertz CT molecular complexity index is 610. The number of nitrogens with zero attached hydrogens (tertiary/aromatic N) is 2. The highest BCUT2D eigenvalue weighted by atomic mass is 16.5. The zero-order valence-corrected chi connectivity index (χ0v) is 13.6. The number of aliphatic hydroxyl groups excluding tert-OH is 1. The van der Waals surface area contributed by atoms with Crippen LogP contribution < -0.4 is 9.64 Å². The molecule has 0 aliphatic carbocycles. The summed E-state index contributed by atoms with van der Waals surface area (Å²) in [6.07, 6.45) is -0.417. The number of ether oxygens (including phenoxy) is 1. The maximum atomic E-state index is 10.4. The van der Waals surface area contributed by atoms with E-state index >= 15 is 0 Å². The van der Waals surface area contributed by atoms with E-state index in [-0.39, 0.29) is 0 Å². The molecule has 0 spiro atoms. The maximum absolute atomic E-state index is 10.4. The fourth-order valence-electron chi connectivity index (χ4n) is 3.02. The van der Waals surface area contributed by atoms with Crippen molar-refractivity contribution in [1.82, 2.24) is 4.90 Å². The van der Waals surface area contributed by atoms with E-state index in [9.17, 15) is 5.11 Å². The van der Waals surface area contributed by atoms with Gasteiger partial charge in [0.1, 0.15) is 5.75 Å². The van der Waals surface area contributed by atoms with Gasteiger partial charge in [-0.1, -0.05) is 36.4 Å². The van der Waals surface area contributed by atoms with Crippen molar-refractivity contribution in [2.75, 3.05) is 44.7 Å². The predicted molar refractivity (Wildman–Crippen MR) is 93.0 cm³/mol. The number of rotatable bonds is 5. The van der Waals surface area contributed by atoms with Crippen molar-refractivity contribution < 1.29 is 9.84 Å². The Morgan fingerprint density at radius 2 is 1.74 bits per heavy atom. The molecule has 4 nitrogen and oxygen atoms in total. The van der Waals surface area contributed by atoms with Crippen LogP contribution in [0.15, 0.2) is 54.6 Å². The zero-order valence-electron chi connectivity index (χ0n) is 13.6. The van der Waals surface area contributed by atoms with Crippen LogP contribution >= 0.6 is 0 Å². The molecule has 1 fully saturated rings. The van der Waals surface area contributed by atoms with Crippen LogP contribution in [-0.4, -0.2) is 49.8 Å². The molecule has 122 valence electrons. The Balaban J connectivity index is 1.54. The molecule has 1 atom stereocenters. The first-order valence-electron chi connectivity index (χ1n) is 8.10. The standard InChI is InChI=1S/C19H24N2O2/c1-23-18-9-5-8-17(14-18)21-12-10-20(11-13-21)15-19(22)16-6-3-2-4-7-16/h2-9,14,19,22H,10-13,15H2,1H3/t19-/m1/s1. The van der Waals surface area contributed by atoms with Crippen molar-refractivity contribution in [3.8, 4) is 5.75 Å². The average molecular weight is 312 g/mol. The van der Waals surface area contributed by atoms with Gasteiger partial charge in [-0.15, -0.1) is 0 Å². The number of methoxy groups -OCH3 is 1. The van der Waals surface area contributed by atoms with Crippen LogP contribution in [0.3, 0.4) is 0 Å². The second kappa shape index (κ2) is 7.49. The zero-order chi connectivity index (χ0) is 16.1. The number of hydrogen-bond donors (Lipinski definition) is 1. The predicted octanol–water partition coefficient (Wildman–Crippen LogP) is 2.55. The van der Waals surface area contributed by atoms with Crippen molar-refractivity contribution in [2.45, 2.75) is 6.10 Å². The average Bonchev–Trinajstić information content (AvgIpc) is 2.63. The van der Waals surface area contributed by atoms with Gasteiger partial charge in [0, 0.05) is 44.5 Å². The minimum atomic E-state index is -0.417. The third kappa shape index (κ3) is 4.03. The number of β-amino-alcohol motifs (C(OH)–C–C–N with tert-alkyl or cyclic N) is 1. The monoisotopic (exact) mass is 312 g/mol. The van der Waals surface area contributed by atoms with Crippen molar-refractivity contribution >= 4 is 5.69 Å². The van der Waals surface area contributed by atoms with E-state index in [1.54, 1.807) is 7.11 Å². The first-order valence-corrected chi connectivity index (χ1v) is 8.10. The summed E-state index contributed by atoms with van der Waals surface area (Å²) >= 11 is 0. The van der Waals surface area contributed by atoms with Crippen LogP contribution in [-0.2, 0) is 0 Å². The summed E-state index contributed by atoms with van der Waals surface area (Å²) in [7, 11) is 1.70. The number of aliphatic hydroxyl groups is 1. The van der Waals surface area contributed by atoms with Crippen LogP contribution in [0.25, 0.3) is 0 Å². The summed E-state index contributed by atoms with van der Waals surface area (Å²) in [6.45, 7) is 4.54. The lowest BCUT2D eigenvalue weighted by molar-refractivity contribution is 0.109. The lowest BCUT2D eigenvalue weighted by Crippen LogP contribution is -2.47. The smallest absolute Gasteiger partial charge is 0.120 e. The fourth-order valence-corrected chi connectivity index (χ4v) is 3.02. The molecule has 0 unspecified atom stereocenters. The van der Waals surface area contributed by atoms with Crippen LogP contribution in [0.1, 0.15) is 11.7 Å². The van der Waals surface area contributed by atoms with Gasteiger partial charge in [-0.2, -0.15) is 0 Å². The SMILES string of the molecule is COc1cccc(N2CCN(C[C@@H](O)c3ccccc3)CC2)c1. The number of piperazine rings is 1. The first-order chi connectivity index (χ1) is 11.3. The molecule has 4 heteroatoms. The molecule has 2 aromatic carbocycles. The molecule has 0 bridgehead atoms. The van der Waals surface area contributed by atoms with E-state index < -0.39 is 6.10 Å². The Morgan fingerprint density at radius 3 is 2.43 bits per heavy atom. The highest BCUT2D eigenvalue weighted by molar-refractivity contribution is 5.51. The van der Waals surface area contributed by atoms with E-state index in [4.69, 9.17) is 4.74 Å². The summed E-state index contributed by atoms with van der Waals surface area (Å²) in [6, 6.07) is 18.1. The summed E-state index contributed by atoms with van der Waals surface area (Å²) in [5, 5.41) is 10.4. The normalized spacial score (nSPS) is 17.0. The second-order valence-electron chi connectivity index (χ2n) is 5.92. The topological polar surface area (TPSA) is 35.9 Å². The number of anilines is 1. The van der Waals surface area contributed by atoms with Crippen molar-refractivity contribution in [1.29, 1.82) is 0 Å². The van der Waals surface area contributed by atoms with Gasteiger partial charge in [0.15, 0.2) is 0 Å². The number of benzene rings is 2. The Hall–Kier alpha value is -2.04. The molecular formula is C19H24N2O2. The Labute approximate surface area is 137 Å². The van der Waals surface area contributed by atoms with Gasteiger partial charge in [0.25, 0.3) is 0 Å². The summed E-state index contributed by atoms with van der Waals surface area (Å²) in [4.78, 5) is 4.70. The third-order valence-corrected chi connectivity index (χ3v) is 4.41. The number of hydrogen-bond acceptors (Lipinski definition) is 4. The molecule has 3 rings (SSSR count). The summed E-state index contributed by atoms with van der Waals surface area (Å²) in [5.41, 5.74) is 2.19. The Kier molecular flexibility index (Phi) is 5.16. The third-order valence-electron chi connectivity index (χ3n) is 4.41. The lowest BCUT2D eigenvalue weighted by Gasteiger charge is -2.37. The van der Waals surface area contributed by atoms with E-state index in [1.807, 2.05) is 42.5 Å². The van der Waals surface area contributed by atoms with E-state index in [1.165, 1.54) is 5.69 Å². The molecule has 1 aliphatic rings. The summed E-state index contributed by atoms with van der Waals surface area (Å²) in [5.74, 6) is 0.893. The second-order valence-corrected chi connectivity index (χ2v) is 5.92. The van der Waals surface area contributed by atoms with Crippen LogP contribution in [0.4, 0.5) is 5.69 Å². The van der Waals surface area contributed by atoms with Gasteiger partial charge in [-0.3, -0.25) is 4.90 Å². The van der Waals surface area contributed by atoms with Gasteiger partial charge in [0.2, 0.25) is 0 Å². The Morgan fingerprint density at radius 1 is 1.00 bits per heavy atom. The molecule has 0 aromatic heterocycles. The van der Waals surface area contributed by atoms with E-state index in [0.29, 0.717) is 6.54 Å². The molecule has 0 saturated carbocycles. The lowest BCUT2D eigenvalue weighted by atomic mass is 10.1. The van der Waals surface area contributed by atoms with Gasteiger partial charge < -0.3 is 14.7 Å². The maximum Gasteiger partial charge on any atom is 0.120 e. The van der Waals surface area contributed by atoms with Crippen LogP contribution in [0, 0.1) is 0 Å². The largest absolute Gasteiger partial charge is 0.497 e. The van der Waals surface area contributed by atoms with Crippen molar-refractivity contribution in [3.63, 3.8) is 0 Å². The van der Waals surface area contributed by atoms with Gasteiger partial charge in [-0.25, -0.2) is 0 Å². The molecule has 0 amide bonds. The molecule has 1 aliphatic heterocycles. The first kappa shape index (κ1) is 15.8. The molecule has 23 heavy (non-hydrogen) atoms. The van der Waals surface area contributed by atoms with E-state index in [2.05, 4.69) is 21.9 Å². The summed E-state index contributed by atoms with van der Waals surface area (Å²) < 4.78 is 5.30. The van der Waals surface area contributed by atoms with Crippen LogP contribution in [0.2, 0.25) is 0 Å². The van der Waals surface area contributed by atoms with Crippen molar-refractivity contribution in [3.05, 3.63) is 60.2 Å². The highest BCUT2D eigenvalue weighted by Gasteiger charge is 2.20. The minimum Gasteiger partial charge on any atom is -0.497 e. The fraction of sp³-hybridized carbons (Fsp3) is 0.368. The molecule has 1 N–H and O–H groups in total.